The van der Waals surface area contributed by atoms with Crippen LogP contribution in [0.4, 0.5) is 5.69 Å². The van der Waals surface area contributed by atoms with E-state index in [9.17, 15) is 9.59 Å². The van der Waals surface area contributed by atoms with Gasteiger partial charge in [0.05, 0.1) is 24.3 Å². The van der Waals surface area contributed by atoms with E-state index in [4.69, 9.17) is 10.00 Å². The summed E-state index contributed by atoms with van der Waals surface area (Å²) in [7, 11) is 1.31. The fraction of sp³-hybridized carbons (Fsp3) is 0.167. The standard InChI is InChI=1S/C18H16N2O4/c1-12(24-16-9-3-13(11-19)4-10-16)17(21)20-15-7-5-14(6-8-15)18(22)23-2/h3-10,12H,1-2H3,(H,20,21). The van der Waals surface area contributed by atoms with Crippen molar-refractivity contribution in [2.75, 3.05) is 12.4 Å². The van der Waals surface area contributed by atoms with Crippen LogP contribution in [-0.4, -0.2) is 25.1 Å². The van der Waals surface area contributed by atoms with Crippen molar-refractivity contribution in [3.63, 3.8) is 0 Å². The number of benzene rings is 2. The van der Waals surface area contributed by atoms with Gasteiger partial charge in [-0.05, 0) is 55.5 Å². The van der Waals surface area contributed by atoms with Gasteiger partial charge in [0, 0.05) is 5.69 Å². The summed E-state index contributed by atoms with van der Waals surface area (Å²) in [5.74, 6) is -0.270. The Kier molecular flexibility index (Phi) is 5.53. The molecule has 0 bridgehead atoms. The van der Waals surface area contributed by atoms with Gasteiger partial charge in [0.1, 0.15) is 5.75 Å². The molecule has 2 aromatic rings. The van der Waals surface area contributed by atoms with E-state index in [0.29, 0.717) is 22.6 Å². The van der Waals surface area contributed by atoms with Gasteiger partial charge in [0.15, 0.2) is 6.10 Å². The van der Waals surface area contributed by atoms with Crippen LogP contribution in [0, 0.1) is 11.3 Å². The van der Waals surface area contributed by atoms with Gasteiger partial charge in [0.25, 0.3) is 5.91 Å². The van der Waals surface area contributed by atoms with Gasteiger partial charge in [-0.1, -0.05) is 0 Å². The third-order valence-electron chi connectivity index (χ3n) is 3.24. The zero-order chi connectivity index (χ0) is 17.5. The Labute approximate surface area is 139 Å². The fourth-order valence-corrected chi connectivity index (χ4v) is 1.92. The first kappa shape index (κ1) is 17.0. The van der Waals surface area contributed by atoms with E-state index in [0.717, 1.165) is 0 Å². The van der Waals surface area contributed by atoms with Crippen molar-refractivity contribution in [1.82, 2.24) is 0 Å². The smallest absolute Gasteiger partial charge is 0.337 e. The molecule has 0 aliphatic carbocycles. The normalized spacial score (nSPS) is 11.0. The summed E-state index contributed by atoms with van der Waals surface area (Å²) in [6, 6.07) is 14.9. The molecular formula is C18H16N2O4. The second kappa shape index (κ2) is 7.79. The number of carbonyl (C=O) groups is 2. The lowest BCUT2D eigenvalue weighted by atomic mass is 10.2. The Morgan fingerprint density at radius 1 is 1.08 bits per heavy atom. The number of rotatable bonds is 5. The molecule has 0 radical (unpaired) electrons. The van der Waals surface area contributed by atoms with Crippen molar-refractivity contribution in [2.24, 2.45) is 0 Å². The lowest BCUT2D eigenvalue weighted by Gasteiger charge is -2.15. The molecule has 2 rings (SSSR count). The molecular weight excluding hydrogens is 308 g/mol. The molecule has 24 heavy (non-hydrogen) atoms. The van der Waals surface area contributed by atoms with E-state index in [-0.39, 0.29) is 5.91 Å². The van der Waals surface area contributed by atoms with Crippen LogP contribution in [0.3, 0.4) is 0 Å². The zero-order valence-corrected chi connectivity index (χ0v) is 13.3. The van der Waals surface area contributed by atoms with E-state index < -0.39 is 12.1 Å². The van der Waals surface area contributed by atoms with Crippen molar-refractivity contribution in [1.29, 1.82) is 5.26 Å². The summed E-state index contributed by atoms with van der Waals surface area (Å²) in [5, 5.41) is 11.4. The second-order valence-corrected chi connectivity index (χ2v) is 4.95. The minimum Gasteiger partial charge on any atom is -0.481 e. The number of nitrogens with zero attached hydrogens (tertiary/aromatic N) is 1. The molecule has 1 N–H and O–H groups in total. The van der Waals surface area contributed by atoms with Crippen molar-refractivity contribution < 1.29 is 19.1 Å². The minimum atomic E-state index is -0.724. The van der Waals surface area contributed by atoms with Crippen molar-refractivity contribution in [3.05, 3.63) is 59.7 Å². The molecule has 1 atom stereocenters. The number of nitriles is 1. The van der Waals surface area contributed by atoms with Crippen LogP contribution in [0.5, 0.6) is 5.75 Å². The summed E-state index contributed by atoms with van der Waals surface area (Å²) in [6.45, 7) is 1.62. The van der Waals surface area contributed by atoms with E-state index in [1.54, 1.807) is 55.5 Å². The summed E-state index contributed by atoms with van der Waals surface area (Å²) in [4.78, 5) is 23.5. The van der Waals surface area contributed by atoms with Crippen LogP contribution in [-0.2, 0) is 9.53 Å². The highest BCUT2D eigenvalue weighted by Crippen LogP contribution is 2.15. The first-order valence-electron chi connectivity index (χ1n) is 7.19. The third-order valence-corrected chi connectivity index (χ3v) is 3.24. The molecule has 2 aromatic carbocycles. The summed E-state index contributed by atoms with van der Waals surface area (Å²) >= 11 is 0. The molecule has 0 heterocycles. The van der Waals surface area contributed by atoms with Gasteiger partial charge in [-0.15, -0.1) is 0 Å². The highest BCUT2D eigenvalue weighted by atomic mass is 16.5. The molecule has 0 aliphatic heterocycles. The fourth-order valence-electron chi connectivity index (χ4n) is 1.92. The number of amides is 1. The maximum absolute atomic E-state index is 12.1. The lowest BCUT2D eigenvalue weighted by molar-refractivity contribution is -0.122. The Morgan fingerprint density at radius 2 is 1.71 bits per heavy atom. The SMILES string of the molecule is COC(=O)c1ccc(NC(=O)C(C)Oc2ccc(C#N)cc2)cc1. The van der Waals surface area contributed by atoms with Gasteiger partial charge >= 0.3 is 5.97 Å². The van der Waals surface area contributed by atoms with Crippen LogP contribution in [0.2, 0.25) is 0 Å². The molecule has 0 saturated carbocycles. The Hall–Kier alpha value is -3.33. The first-order chi connectivity index (χ1) is 11.5. The Bertz CT molecular complexity index is 761. The van der Waals surface area contributed by atoms with Crippen LogP contribution >= 0.6 is 0 Å². The van der Waals surface area contributed by atoms with Crippen LogP contribution in [0.1, 0.15) is 22.8 Å². The topological polar surface area (TPSA) is 88.4 Å². The number of methoxy groups -OCH3 is 1. The zero-order valence-electron chi connectivity index (χ0n) is 13.3. The van der Waals surface area contributed by atoms with E-state index in [2.05, 4.69) is 10.1 Å². The van der Waals surface area contributed by atoms with Crippen LogP contribution in [0.15, 0.2) is 48.5 Å². The predicted octanol–water partition coefficient (Wildman–Crippen LogP) is 2.75. The molecule has 6 heteroatoms. The number of hydrogen-bond acceptors (Lipinski definition) is 5. The quantitative estimate of drug-likeness (QED) is 0.854. The maximum Gasteiger partial charge on any atom is 0.337 e. The van der Waals surface area contributed by atoms with E-state index in [1.807, 2.05) is 6.07 Å². The highest BCUT2D eigenvalue weighted by molar-refractivity contribution is 5.95. The van der Waals surface area contributed by atoms with Gasteiger partial charge in [-0.2, -0.15) is 5.26 Å². The number of nitrogens with one attached hydrogen (secondary N) is 1. The average Bonchev–Trinajstić information content (AvgIpc) is 2.62. The molecule has 0 fully saturated rings. The highest BCUT2D eigenvalue weighted by Gasteiger charge is 2.15. The molecule has 1 amide bonds. The molecule has 1 unspecified atom stereocenters. The summed E-state index contributed by atoms with van der Waals surface area (Å²) in [6.07, 6.45) is -0.724. The number of esters is 1. The molecule has 6 nitrogen and oxygen atoms in total. The first-order valence-corrected chi connectivity index (χ1v) is 7.19. The molecule has 0 saturated heterocycles. The van der Waals surface area contributed by atoms with Gasteiger partial charge in [-0.25, -0.2) is 4.79 Å². The Morgan fingerprint density at radius 3 is 2.25 bits per heavy atom. The number of ether oxygens (including phenoxy) is 2. The monoisotopic (exact) mass is 324 g/mol. The molecule has 122 valence electrons. The Balaban J connectivity index is 1.95. The predicted molar refractivity (Wildman–Crippen MR) is 87.7 cm³/mol. The molecule has 0 aromatic heterocycles. The number of hydrogen-bond donors (Lipinski definition) is 1. The molecule has 0 spiro atoms. The van der Waals surface area contributed by atoms with Crippen molar-refractivity contribution >= 4 is 17.6 Å². The van der Waals surface area contributed by atoms with Crippen molar-refractivity contribution in [2.45, 2.75) is 13.0 Å². The number of anilines is 1. The largest absolute Gasteiger partial charge is 0.481 e. The second-order valence-electron chi connectivity index (χ2n) is 4.95. The van der Waals surface area contributed by atoms with Gasteiger partial charge < -0.3 is 14.8 Å². The van der Waals surface area contributed by atoms with Gasteiger partial charge in [-0.3, -0.25) is 4.79 Å². The molecule has 0 aliphatic rings. The average molecular weight is 324 g/mol. The summed E-state index contributed by atoms with van der Waals surface area (Å²) < 4.78 is 10.1. The summed E-state index contributed by atoms with van der Waals surface area (Å²) in [5.41, 5.74) is 1.46. The van der Waals surface area contributed by atoms with Crippen LogP contribution in [0.25, 0.3) is 0 Å². The van der Waals surface area contributed by atoms with Crippen molar-refractivity contribution in [3.8, 4) is 11.8 Å². The lowest BCUT2D eigenvalue weighted by Crippen LogP contribution is -2.30. The third kappa shape index (κ3) is 4.34. The minimum absolute atomic E-state index is 0.329. The van der Waals surface area contributed by atoms with E-state index >= 15 is 0 Å². The van der Waals surface area contributed by atoms with E-state index in [1.165, 1.54) is 7.11 Å². The van der Waals surface area contributed by atoms with Crippen LogP contribution < -0.4 is 10.1 Å². The van der Waals surface area contributed by atoms with Gasteiger partial charge in [0.2, 0.25) is 0 Å². The number of carbonyl (C=O) groups excluding carboxylic acids is 2. The maximum atomic E-state index is 12.1.